The highest BCUT2D eigenvalue weighted by atomic mass is 32.2. The summed E-state index contributed by atoms with van der Waals surface area (Å²) in [7, 11) is -5.60. The fourth-order valence-electron chi connectivity index (χ4n) is 3.34. The molecule has 3 rings (SSSR count). The molecule has 0 radical (unpaired) electrons. The molecule has 0 aromatic heterocycles. The van der Waals surface area contributed by atoms with E-state index in [0.29, 0.717) is 16.7 Å². The molecule has 0 heterocycles. The Labute approximate surface area is 152 Å². The van der Waals surface area contributed by atoms with Crippen molar-refractivity contribution in [1.82, 2.24) is 0 Å². The molecule has 142 valence electrons. The summed E-state index contributed by atoms with van der Waals surface area (Å²) in [6, 6.07) is 7.58. The van der Waals surface area contributed by atoms with Crippen LogP contribution in [0.2, 0.25) is 0 Å². The van der Waals surface area contributed by atoms with Crippen molar-refractivity contribution < 1.29 is 31.1 Å². The fourth-order valence-corrected chi connectivity index (χ4v) is 4.38. The number of aliphatic hydroxyl groups excluding tert-OH is 1. The van der Waals surface area contributed by atoms with Gasteiger partial charge < -0.3 is 5.11 Å². The number of rotatable bonds is 3. The van der Waals surface area contributed by atoms with Crippen LogP contribution in [0.4, 0.5) is 17.6 Å². The first-order chi connectivity index (χ1) is 12.5. The van der Waals surface area contributed by atoms with Crippen molar-refractivity contribution in [2.75, 3.05) is 0 Å². The molecular formula is C18H13F4NO3S. The maximum atomic E-state index is 13.6. The third kappa shape index (κ3) is 3.42. The van der Waals surface area contributed by atoms with Crippen LogP contribution in [0.1, 0.15) is 40.3 Å². The third-order valence-corrected chi connectivity index (χ3v) is 6.04. The van der Waals surface area contributed by atoms with E-state index < -0.39 is 32.2 Å². The second-order valence-electron chi connectivity index (χ2n) is 6.26. The average Bonchev–Trinajstić information content (AvgIpc) is 2.96. The highest BCUT2D eigenvalue weighted by Gasteiger charge is 2.49. The van der Waals surface area contributed by atoms with Gasteiger partial charge >= 0.3 is 5.51 Å². The molecule has 0 amide bonds. The number of hydrogen-bond acceptors (Lipinski definition) is 4. The first-order valence-electron chi connectivity index (χ1n) is 7.88. The highest BCUT2D eigenvalue weighted by molar-refractivity contribution is 7.92. The molecule has 1 aliphatic carbocycles. The molecule has 0 aliphatic heterocycles. The Morgan fingerprint density at radius 1 is 1.22 bits per heavy atom. The number of halogens is 4. The minimum Gasteiger partial charge on any atom is -0.388 e. The van der Waals surface area contributed by atoms with E-state index in [0.717, 1.165) is 12.1 Å². The first-order valence-corrected chi connectivity index (χ1v) is 9.36. The largest absolute Gasteiger partial charge is 0.501 e. The summed E-state index contributed by atoms with van der Waals surface area (Å²) in [5.41, 5.74) is -4.41. The minimum atomic E-state index is -5.60. The van der Waals surface area contributed by atoms with Gasteiger partial charge in [-0.1, -0.05) is 6.07 Å². The van der Waals surface area contributed by atoms with E-state index in [1.165, 1.54) is 18.2 Å². The number of sulfone groups is 1. The van der Waals surface area contributed by atoms with Gasteiger partial charge in [0.2, 0.25) is 0 Å². The summed E-state index contributed by atoms with van der Waals surface area (Å²) in [4.78, 5) is -0.948. The Kier molecular flexibility index (Phi) is 4.74. The summed E-state index contributed by atoms with van der Waals surface area (Å²) >= 11 is 0. The zero-order chi connectivity index (χ0) is 20.0. The summed E-state index contributed by atoms with van der Waals surface area (Å²) in [5, 5.41) is 19.0. The highest BCUT2D eigenvalue weighted by Crippen LogP contribution is 2.42. The number of alkyl halides is 3. The zero-order valence-corrected chi connectivity index (χ0v) is 14.5. The Balaban J connectivity index is 2.11. The normalized spacial score (nSPS) is 16.8. The fraction of sp³-hybridized carbons (Fsp3) is 0.278. The van der Waals surface area contributed by atoms with Gasteiger partial charge in [-0.25, -0.2) is 12.8 Å². The quantitative estimate of drug-likeness (QED) is 0.801. The van der Waals surface area contributed by atoms with Crippen molar-refractivity contribution in [3.63, 3.8) is 0 Å². The molecule has 0 bridgehead atoms. The van der Waals surface area contributed by atoms with Gasteiger partial charge in [0.05, 0.1) is 22.6 Å². The predicted molar refractivity (Wildman–Crippen MR) is 86.9 cm³/mol. The van der Waals surface area contributed by atoms with Crippen LogP contribution < -0.4 is 0 Å². The van der Waals surface area contributed by atoms with Crippen LogP contribution in [0, 0.1) is 17.1 Å². The molecule has 27 heavy (non-hydrogen) atoms. The molecule has 1 unspecified atom stereocenters. The molecule has 0 saturated heterocycles. The number of hydrogen-bond donors (Lipinski definition) is 1. The summed E-state index contributed by atoms with van der Waals surface area (Å²) < 4.78 is 76.1. The maximum Gasteiger partial charge on any atom is 0.501 e. The van der Waals surface area contributed by atoms with Gasteiger partial charge in [-0.3, -0.25) is 0 Å². The van der Waals surface area contributed by atoms with E-state index in [2.05, 4.69) is 0 Å². The van der Waals surface area contributed by atoms with Crippen LogP contribution in [-0.2, 0) is 22.7 Å². The minimum absolute atomic E-state index is 0.0911. The van der Waals surface area contributed by atoms with Crippen LogP contribution in [0.5, 0.6) is 0 Å². The number of nitrogens with zero attached hydrogens (tertiary/aromatic N) is 1. The van der Waals surface area contributed by atoms with Gasteiger partial charge in [-0.05, 0) is 60.2 Å². The van der Waals surface area contributed by atoms with Crippen molar-refractivity contribution in [2.24, 2.45) is 0 Å². The number of nitriles is 1. The average molecular weight is 399 g/mol. The molecule has 2 aromatic carbocycles. The van der Waals surface area contributed by atoms with Gasteiger partial charge in [0.15, 0.2) is 0 Å². The summed E-state index contributed by atoms with van der Waals surface area (Å²) in [6.07, 6.45) is -0.935. The van der Waals surface area contributed by atoms with Crippen LogP contribution in [0.15, 0.2) is 35.2 Å². The molecule has 9 heteroatoms. The maximum absolute atomic E-state index is 13.6. The molecule has 1 N–H and O–H groups in total. The lowest BCUT2D eigenvalue weighted by Gasteiger charge is -2.17. The molecule has 1 aliphatic rings. The molecule has 2 aromatic rings. The first kappa shape index (κ1) is 19.3. The van der Waals surface area contributed by atoms with Crippen molar-refractivity contribution in [2.45, 2.75) is 35.8 Å². The van der Waals surface area contributed by atoms with Gasteiger partial charge in [-0.2, -0.15) is 18.4 Å². The van der Waals surface area contributed by atoms with Crippen LogP contribution >= 0.6 is 0 Å². The van der Waals surface area contributed by atoms with Crippen LogP contribution in [0.3, 0.4) is 0 Å². The molecule has 1 atom stereocenters. The lowest BCUT2D eigenvalue weighted by Crippen LogP contribution is -2.25. The molecular weight excluding hydrogens is 386 g/mol. The van der Waals surface area contributed by atoms with Gasteiger partial charge in [0, 0.05) is 5.56 Å². The lowest BCUT2D eigenvalue weighted by molar-refractivity contribution is -0.0437. The Morgan fingerprint density at radius 2 is 1.93 bits per heavy atom. The van der Waals surface area contributed by atoms with Gasteiger partial charge in [0.25, 0.3) is 9.84 Å². The lowest BCUT2D eigenvalue weighted by atomic mass is 9.96. The zero-order valence-electron chi connectivity index (χ0n) is 13.7. The molecule has 0 spiro atoms. The van der Waals surface area contributed by atoms with Crippen molar-refractivity contribution >= 4 is 9.84 Å². The SMILES string of the molecule is N#Cc1cc(F)cc(Cc2ccc(S(=O)(=O)C(F)(F)F)c3c2CCC3O)c1. The monoisotopic (exact) mass is 399 g/mol. The van der Waals surface area contributed by atoms with E-state index in [-0.39, 0.29) is 30.4 Å². The molecule has 0 saturated carbocycles. The molecule has 4 nitrogen and oxygen atoms in total. The smallest absolute Gasteiger partial charge is 0.388 e. The van der Waals surface area contributed by atoms with Crippen LogP contribution in [0.25, 0.3) is 0 Å². The van der Waals surface area contributed by atoms with E-state index in [4.69, 9.17) is 5.26 Å². The predicted octanol–water partition coefficient (Wildman–Crippen LogP) is 3.56. The standard InChI is InChI=1S/C18H13F4NO3S/c19-13-7-10(5-11(8-13)9-23)6-12-1-4-16(27(25,26)18(20,21)22)17-14(12)2-3-15(17)24/h1,4-5,7-8,15,24H,2-3,6H2. The summed E-state index contributed by atoms with van der Waals surface area (Å²) in [5.74, 6) is -0.628. The van der Waals surface area contributed by atoms with E-state index >= 15 is 0 Å². The van der Waals surface area contributed by atoms with Gasteiger partial charge in [0.1, 0.15) is 5.82 Å². The number of aliphatic hydroxyl groups is 1. The second-order valence-corrected chi connectivity index (χ2v) is 8.17. The van der Waals surface area contributed by atoms with E-state index in [1.54, 1.807) is 0 Å². The molecule has 0 fully saturated rings. The van der Waals surface area contributed by atoms with E-state index in [9.17, 15) is 31.1 Å². The van der Waals surface area contributed by atoms with E-state index in [1.807, 2.05) is 6.07 Å². The number of fused-ring (bicyclic) bond motifs is 1. The van der Waals surface area contributed by atoms with Crippen molar-refractivity contribution in [3.05, 3.63) is 64.0 Å². The third-order valence-electron chi connectivity index (χ3n) is 4.49. The van der Waals surface area contributed by atoms with Crippen molar-refractivity contribution in [3.8, 4) is 6.07 Å². The van der Waals surface area contributed by atoms with Crippen LogP contribution in [-0.4, -0.2) is 19.0 Å². The summed E-state index contributed by atoms with van der Waals surface area (Å²) in [6.45, 7) is 0. The Bertz CT molecular complexity index is 1060. The van der Waals surface area contributed by atoms with Gasteiger partial charge in [-0.15, -0.1) is 0 Å². The number of benzene rings is 2. The second kappa shape index (κ2) is 6.62. The van der Waals surface area contributed by atoms with Crippen molar-refractivity contribution in [1.29, 1.82) is 5.26 Å². The Hall–Kier alpha value is -2.44. The topological polar surface area (TPSA) is 78.2 Å². The Morgan fingerprint density at radius 3 is 2.56 bits per heavy atom.